The second-order valence-corrected chi connectivity index (χ2v) is 22.2. The molecular weight excluding hydrogens is 967 g/mol. The Morgan fingerprint density at radius 2 is 0.795 bits per heavy atom. The van der Waals surface area contributed by atoms with Gasteiger partial charge in [-0.25, -0.2) is 19.6 Å². The number of carbonyl (C=O) groups is 2. The quantitative estimate of drug-likeness (QED) is 0.0925. The van der Waals surface area contributed by atoms with Gasteiger partial charge in [-0.3, -0.25) is 0 Å². The van der Waals surface area contributed by atoms with Gasteiger partial charge in [-0.1, -0.05) is 167 Å². The molecule has 0 amide bonds. The van der Waals surface area contributed by atoms with Gasteiger partial charge in [-0.2, -0.15) is 0 Å². The number of aryl methyl sites for hydroxylation is 4. The van der Waals surface area contributed by atoms with Crippen LogP contribution < -0.4 is 29.2 Å². The number of aliphatic imine (C=N–C) groups is 2. The summed E-state index contributed by atoms with van der Waals surface area (Å²) in [5.74, 6) is -0.241. The van der Waals surface area contributed by atoms with Crippen LogP contribution in [0.2, 0.25) is 0 Å². The number of hydrogen-bond acceptors (Lipinski definition) is 10. The summed E-state index contributed by atoms with van der Waals surface area (Å²) in [7, 11) is 2.99. The van der Waals surface area contributed by atoms with E-state index in [2.05, 4.69) is 100 Å². The SMILES string of the molecule is COc1cc(C(C)(C)C)c(OC(=O)O)c([O-])c1C(C)(C)C.COc1cc(C(C)(C)C)c(OC(=O)O)c([O-])c1C(C)(C)C.Cc1cccc(C)c1N=C1C(=Nc2c(C)cccc2C)c2cccc3cccc1c23.[Ni+2]. The average molecular weight is 1040 g/mol. The van der Waals surface area contributed by atoms with E-state index in [1.54, 1.807) is 12.1 Å². The minimum Gasteiger partial charge on any atom is -0.870 e. The van der Waals surface area contributed by atoms with Gasteiger partial charge in [-0.05, 0) is 100 Å². The van der Waals surface area contributed by atoms with Crippen LogP contribution in [0, 0.1) is 27.7 Å². The van der Waals surface area contributed by atoms with Crippen LogP contribution in [0.3, 0.4) is 0 Å². The first-order valence-corrected chi connectivity index (χ1v) is 23.8. The molecule has 2 N–H and O–H groups in total. The predicted octanol–water partition coefficient (Wildman–Crippen LogP) is 14.2. The fraction of sp³-hybridized carbons (Fsp3) is 0.367. The molecule has 0 bridgehead atoms. The van der Waals surface area contributed by atoms with Crippen LogP contribution >= 0.6 is 0 Å². The summed E-state index contributed by atoms with van der Waals surface area (Å²) in [6.07, 6.45) is -3.00. The number of methoxy groups -OCH3 is 2. The Kier molecular flexibility index (Phi) is 18.1. The van der Waals surface area contributed by atoms with Crippen molar-refractivity contribution < 1.29 is 65.5 Å². The monoisotopic (exact) mass is 1040 g/mol. The first kappa shape index (κ1) is 58.7. The molecule has 6 aromatic rings. The number of rotatable bonds is 6. The fourth-order valence-electron chi connectivity index (χ4n) is 8.87. The Bertz CT molecular complexity index is 2860. The van der Waals surface area contributed by atoms with Gasteiger partial charge < -0.3 is 39.4 Å². The molecule has 0 aromatic heterocycles. The van der Waals surface area contributed by atoms with Crippen LogP contribution in [-0.4, -0.2) is 48.2 Å². The van der Waals surface area contributed by atoms with E-state index in [1.165, 1.54) is 47.2 Å². The Morgan fingerprint density at radius 1 is 0.493 bits per heavy atom. The van der Waals surface area contributed by atoms with Crippen LogP contribution in [0.5, 0.6) is 34.5 Å². The van der Waals surface area contributed by atoms with Crippen LogP contribution in [-0.2, 0) is 38.2 Å². The second kappa shape index (κ2) is 22.5. The van der Waals surface area contributed by atoms with Gasteiger partial charge in [0.2, 0.25) is 0 Å². The van der Waals surface area contributed by atoms with Crippen LogP contribution in [0.25, 0.3) is 10.8 Å². The minimum atomic E-state index is -1.50. The molecule has 0 radical (unpaired) electrons. The summed E-state index contributed by atoms with van der Waals surface area (Å²) in [4.78, 5) is 32.3. The smallest absolute Gasteiger partial charge is 0.870 e. The summed E-state index contributed by atoms with van der Waals surface area (Å²) in [5, 5.41) is 45.8. The van der Waals surface area contributed by atoms with E-state index >= 15 is 0 Å². The molecule has 0 saturated heterocycles. The van der Waals surface area contributed by atoms with Crippen molar-refractivity contribution in [2.75, 3.05) is 14.2 Å². The third-order valence-corrected chi connectivity index (χ3v) is 12.3. The fourth-order valence-corrected chi connectivity index (χ4v) is 8.87. The normalized spacial score (nSPS) is 13.3. The van der Waals surface area contributed by atoms with Gasteiger partial charge in [0.1, 0.15) is 23.0 Å². The molecule has 0 fully saturated rings. The second-order valence-electron chi connectivity index (χ2n) is 22.2. The number of benzene rings is 6. The predicted molar refractivity (Wildman–Crippen MR) is 285 cm³/mol. The van der Waals surface area contributed by atoms with Crippen molar-refractivity contribution in [1.82, 2.24) is 0 Å². The van der Waals surface area contributed by atoms with E-state index in [9.17, 15) is 19.8 Å². The van der Waals surface area contributed by atoms with Crippen molar-refractivity contribution in [2.24, 2.45) is 9.98 Å². The third-order valence-electron chi connectivity index (χ3n) is 12.3. The molecule has 73 heavy (non-hydrogen) atoms. The molecular formula is C60H70N2NiO10. The first-order chi connectivity index (χ1) is 33.3. The number of para-hydroxylation sites is 2. The van der Waals surface area contributed by atoms with Gasteiger partial charge in [0.25, 0.3) is 0 Å². The zero-order chi connectivity index (χ0) is 54.0. The van der Waals surface area contributed by atoms with E-state index < -0.39 is 45.5 Å². The summed E-state index contributed by atoms with van der Waals surface area (Å²) < 4.78 is 20.3. The van der Waals surface area contributed by atoms with Gasteiger partial charge >= 0.3 is 28.8 Å². The van der Waals surface area contributed by atoms with Crippen molar-refractivity contribution in [3.63, 3.8) is 0 Å². The van der Waals surface area contributed by atoms with Crippen LogP contribution in [0.1, 0.15) is 139 Å². The van der Waals surface area contributed by atoms with Gasteiger partial charge in [0.05, 0.1) is 37.0 Å². The van der Waals surface area contributed by atoms with Crippen molar-refractivity contribution in [3.05, 3.63) is 141 Å². The molecule has 0 aliphatic heterocycles. The van der Waals surface area contributed by atoms with E-state index in [0.29, 0.717) is 33.8 Å². The number of ether oxygens (including phenoxy) is 4. The van der Waals surface area contributed by atoms with Gasteiger partial charge in [-0.15, -0.1) is 0 Å². The summed E-state index contributed by atoms with van der Waals surface area (Å²) in [5.41, 5.74) is 11.0. The topological polar surface area (TPSA) is 182 Å². The minimum absolute atomic E-state index is 0. The largest absolute Gasteiger partial charge is 2.00 e. The Balaban J connectivity index is 0.000000243. The zero-order valence-electron chi connectivity index (χ0n) is 45.5. The van der Waals surface area contributed by atoms with Crippen LogP contribution in [0.15, 0.2) is 94.9 Å². The first-order valence-electron chi connectivity index (χ1n) is 23.8. The summed E-state index contributed by atoms with van der Waals surface area (Å²) >= 11 is 0. The zero-order valence-corrected chi connectivity index (χ0v) is 46.4. The van der Waals surface area contributed by atoms with E-state index in [0.717, 1.165) is 33.9 Å². The van der Waals surface area contributed by atoms with Crippen molar-refractivity contribution in [3.8, 4) is 34.5 Å². The maximum absolute atomic E-state index is 12.7. The van der Waals surface area contributed by atoms with Crippen molar-refractivity contribution >= 4 is 45.9 Å². The van der Waals surface area contributed by atoms with Crippen molar-refractivity contribution in [1.29, 1.82) is 0 Å². The molecule has 1 aliphatic rings. The van der Waals surface area contributed by atoms with E-state index in [-0.39, 0.29) is 28.0 Å². The maximum atomic E-state index is 12.7. The molecule has 0 spiro atoms. The van der Waals surface area contributed by atoms with E-state index in [4.69, 9.17) is 39.1 Å². The third kappa shape index (κ3) is 13.0. The molecule has 7 rings (SSSR count). The molecule has 0 saturated carbocycles. The average Bonchev–Trinajstić information content (AvgIpc) is 3.55. The van der Waals surface area contributed by atoms with E-state index in [1.807, 2.05) is 83.1 Å². The number of carboxylic acid groups (broad SMARTS) is 2. The Labute approximate surface area is 441 Å². The molecule has 12 nitrogen and oxygen atoms in total. The standard InChI is InChI=1S/C28H24N2.2C16H24O5.Ni/c1-17-9-5-10-18(2)25(17)29-27-22-15-7-13-21-14-8-16-23(24(21)22)28(27)30-26-19(3)11-6-12-20(26)4;2*1-15(2,3)9-8-10(20-7)11(16(4,5)6)12(17)13(9)21-14(18)19;/h5-16H,1-4H3;2*8,17H,1-7H3,(H,18,19);/q;;;+2/p-2. The maximum Gasteiger partial charge on any atom is 2.00 e. The molecule has 1 aliphatic carbocycles. The van der Waals surface area contributed by atoms with Crippen molar-refractivity contribution in [2.45, 2.75) is 132 Å². The number of hydrogen-bond donors (Lipinski definition) is 2. The number of nitrogens with zero attached hydrogens (tertiary/aromatic N) is 2. The Hall–Kier alpha value is -6.85. The molecule has 6 aromatic carbocycles. The van der Waals surface area contributed by atoms with Gasteiger partial charge in [0, 0.05) is 27.6 Å². The molecule has 390 valence electrons. The summed E-state index contributed by atoms with van der Waals surface area (Å²) in [6.45, 7) is 31.0. The Morgan fingerprint density at radius 3 is 1.05 bits per heavy atom. The summed E-state index contributed by atoms with van der Waals surface area (Å²) in [6, 6.07) is 29.0. The molecule has 0 unspecified atom stereocenters. The van der Waals surface area contributed by atoms with Crippen LogP contribution in [0.4, 0.5) is 21.0 Å². The van der Waals surface area contributed by atoms with Gasteiger partial charge in [0.15, 0.2) is 0 Å². The molecule has 0 atom stereocenters. The molecule has 0 heterocycles. The molecule has 13 heteroatoms.